The molecule has 4 heavy (non-hydrogen) atoms. The van der Waals surface area contributed by atoms with E-state index in [-0.39, 0.29) is 19.5 Å². The summed E-state index contributed by atoms with van der Waals surface area (Å²) in [6.07, 6.45) is 5.00. The van der Waals surface area contributed by atoms with Crippen LogP contribution in [0.4, 0.5) is 0 Å². The molecule has 0 saturated heterocycles. The van der Waals surface area contributed by atoms with Gasteiger partial charge in [0.15, 0.2) is 0 Å². The van der Waals surface area contributed by atoms with Gasteiger partial charge in [0.25, 0.3) is 0 Å². The molecule has 0 aromatic carbocycles. The van der Waals surface area contributed by atoms with Crippen LogP contribution in [0.1, 0.15) is 12.8 Å². The van der Waals surface area contributed by atoms with Crippen LogP contribution in [-0.2, 0) is 19.5 Å². The fourth-order valence-electron chi connectivity index (χ4n) is 0. The summed E-state index contributed by atoms with van der Waals surface area (Å²) in [6, 6.07) is 0. The largest absolute Gasteiger partial charge is 2.00 e. The van der Waals surface area contributed by atoms with Crippen molar-refractivity contribution in [3.05, 3.63) is 6.42 Å². The number of hydrogen-bond acceptors (Lipinski definition) is 0. The molecular formula is C3H5Zn+. The Kier molecular flexibility index (Phi) is 2.20. The van der Waals surface area contributed by atoms with Crippen LogP contribution in [0.2, 0.25) is 0 Å². The normalized spacial score (nSPS) is 18.0. The van der Waals surface area contributed by atoms with E-state index in [0.717, 1.165) is 0 Å². The van der Waals surface area contributed by atoms with Gasteiger partial charge in [0.1, 0.15) is 0 Å². The predicted molar refractivity (Wildman–Crippen MR) is 13.5 cm³/mol. The molecule has 0 atom stereocenters. The fraction of sp³-hybridized carbons (Fsp3) is 0.667. The third kappa shape index (κ3) is 2.62. The Hall–Kier alpha value is 0.623. The van der Waals surface area contributed by atoms with Crippen LogP contribution in [-0.4, -0.2) is 0 Å². The standard InChI is InChI=1S/C3H5.Zn/c1-2-3-1;/h1H,2-3H2;/q-1;+2. The topological polar surface area (TPSA) is 0 Å². The van der Waals surface area contributed by atoms with Gasteiger partial charge in [-0.15, -0.1) is 0 Å². The average molecular weight is 106 g/mol. The Labute approximate surface area is 39.3 Å². The molecule has 0 radical (unpaired) electrons. The van der Waals surface area contributed by atoms with Crippen molar-refractivity contribution in [3.8, 4) is 0 Å². The van der Waals surface area contributed by atoms with Crippen molar-refractivity contribution in [1.29, 1.82) is 0 Å². The molecule has 1 fully saturated rings. The summed E-state index contributed by atoms with van der Waals surface area (Å²) in [5.74, 6) is 0. The molecule has 1 aliphatic rings. The Morgan fingerprint density at radius 1 is 1.25 bits per heavy atom. The summed E-state index contributed by atoms with van der Waals surface area (Å²) < 4.78 is 0. The zero-order valence-corrected chi connectivity index (χ0v) is 5.67. The van der Waals surface area contributed by atoms with Gasteiger partial charge in [-0.2, -0.15) is 0 Å². The van der Waals surface area contributed by atoms with Gasteiger partial charge in [-0.05, 0) is 0 Å². The maximum Gasteiger partial charge on any atom is 2.00 e. The SMILES string of the molecule is [CH-]1CC1.[Zn+2]. The average Bonchev–Trinajstić information content (AvgIpc) is 1.46. The molecule has 0 aromatic heterocycles. The molecular weight excluding hydrogens is 101 g/mol. The van der Waals surface area contributed by atoms with Gasteiger partial charge >= 0.3 is 19.5 Å². The summed E-state index contributed by atoms with van der Waals surface area (Å²) in [5.41, 5.74) is 0. The number of rotatable bonds is 0. The van der Waals surface area contributed by atoms with Gasteiger partial charge in [0, 0.05) is 0 Å². The van der Waals surface area contributed by atoms with E-state index in [2.05, 4.69) is 6.42 Å². The van der Waals surface area contributed by atoms with Crippen molar-refractivity contribution in [3.63, 3.8) is 0 Å². The van der Waals surface area contributed by atoms with E-state index in [9.17, 15) is 0 Å². The minimum absolute atomic E-state index is 0. The number of hydrogen-bond donors (Lipinski definition) is 0. The van der Waals surface area contributed by atoms with Gasteiger partial charge in [-0.1, -0.05) is 0 Å². The monoisotopic (exact) mass is 105 g/mol. The fourth-order valence-corrected chi connectivity index (χ4v) is 0. The van der Waals surface area contributed by atoms with E-state index in [1.807, 2.05) is 0 Å². The predicted octanol–water partition coefficient (Wildman–Crippen LogP) is 0.982. The second-order valence-corrected chi connectivity index (χ2v) is 0.866. The van der Waals surface area contributed by atoms with E-state index in [0.29, 0.717) is 0 Å². The second kappa shape index (κ2) is 1.90. The van der Waals surface area contributed by atoms with Crippen LogP contribution in [0.25, 0.3) is 0 Å². The van der Waals surface area contributed by atoms with E-state index in [1.165, 1.54) is 12.8 Å². The zero-order chi connectivity index (χ0) is 2.12. The second-order valence-electron chi connectivity index (χ2n) is 0.866. The van der Waals surface area contributed by atoms with Gasteiger partial charge in [0.2, 0.25) is 0 Å². The molecule has 0 nitrogen and oxygen atoms in total. The van der Waals surface area contributed by atoms with Gasteiger partial charge in [-0.25, -0.2) is 12.8 Å². The third-order valence-corrected chi connectivity index (χ3v) is 0.289. The molecule has 1 rings (SSSR count). The Bertz CT molecular complexity index is 8.00. The molecule has 1 saturated carbocycles. The van der Waals surface area contributed by atoms with Crippen LogP contribution in [0.5, 0.6) is 0 Å². The molecule has 0 aromatic rings. The summed E-state index contributed by atoms with van der Waals surface area (Å²) >= 11 is 0. The van der Waals surface area contributed by atoms with E-state index >= 15 is 0 Å². The van der Waals surface area contributed by atoms with E-state index < -0.39 is 0 Å². The smallest absolute Gasteiger partial charge is 0.333 e. The van der Waals surface area contributed by atoms with Crippen LogP contribution < -0.4 is 0 Å². The molecule has 18 valence electrons. The van der Waals surface area contributed by atoms with Crippen molar-refractivity contribution in [2.24, 2.45) is 0 Å². The zero-order valence-electron chi connectivity index (χ0n) is 2.70. The van der Waals surface area contributed by atoms with Crippen molar-refractivity contribution in [2.75, 3.05) is 0 Å². The van der Waals surface area contributed by atoms with Crippen molar-refractivity contribution >= 4 is 0 Å². The Morgan fingerprint density at radius 3 is 1.50 bits per heavy atom. The van der Waals surface area contributed by atoms with Crippen LogP contribution in [0, 0.1) is 6.42 Å². The minimum atomic E-state index is 0. The quantitative estimate of drug-likeness (QED) is 0.319. The first-order chi connectivity index (χ1) is 1.50. The molecule has 1 heteroatoms. The van der Waals surface area contributed by atoms with Crippen molar-refractivity contribution in [2.45, 2.75) is 12.8 Å². The first-order valence-corrected chi connectivity index (χ1v) is 1.32. The third-order valence-electron chi connectivity index (χ3n) is 0.289. The first-order valence-electron chi connectivity index (χ1n) is 1.32. The van der Waals surface area contributed by atoms with Gasteiger partial charge in [-0.3, -0.25) is 0 Å². The molecule has 0 unspecified atom stereocenters. The summed E-state index contributed by atoms with van der Waals surface area (Å²) in [6.45, 7) is 0. The van der Waals surface area contributed by atoms with E-state index in [1.54, 1.807) is 0 Å². The molecule has 0 heterocycles. The molecule has 0 aliphatic heterocycles. The first kappa shape index (κ1) is 4.62. The maximum atomic E-state index is 2.25. The molecule has 0 amide bonds. The molecule has 0 spiro atoms. The summed E-state index contributed by atoms with van der Waals surface area (Å²) in [7, 11) is 0. The van der Waals surface area contributed by atoms with Gasteiger partial charge in [0.05, 0.1) is 0 Å². The maximum absolute atomic E-state index is 2.25. The van der Waals surface area contributed by atoms with Crippen molar-refractivity contribution < 1.29 is 19.5 Å². The Balaban J connectivity index is 0.0000000900. The molecule has 0 bridgehead atoms. The molecule has 1 aliphatic carbocycles. The van der Waals surface area contributed by atoms with Crippen LogP contribution in [0.15, 0.2) is 0 Å². The van der Waals surface area contributed by atoms with Crippen molar-refractivity contribution in [1.82, 2.24) is 0 Å². The van der Waals surface area contributed by atoms with Gasteiger partial charge < -0.3 is 6.42 Å². The Morgan fingerprint density at radius 2 is 1.50 bits per heavy atom. The van der Waals surface area contributed by atoms with E-state index in [4.69, 9.17) is 0 Å². The van der Waals surface area contributed by atoms with Crippen LogP contribution >= 0.6 is 0 Å². The summed E-state index contributed by atoms with van der Waals surface area (Å²) in [5, 5.41) is 0. The van der Waals surface area contributed by atoms with Crippen LogP contribution in [0.3, 0.4) is 0 Å². The minimum Gasteiger partial charge on any atom is -0.333 e. The molecule has 0 N–H and O–H groups in total. The summed E-state index contributed by atoms with van der Waals surface area (Å²) in [4.78, 5) is 0.